The molecular weight excluding hydrogens is 541 g/mol. The number of nitrogens with one attached hydrogen (secondary N) is 1. The fourth-order valence-electron chi connectivity index (χ4n) is 4.96. The highest BCUT2D eigenvalue weighted by Gasteiger charge is 2.27. The normalized spacial score (nSPS) is 14.6. The standard InChI is InChI=1S/C30H36FN7O2S/c1-18(2)38-19(3)34-27-23(31)15-20(16-25(27)38)24-9-12-32-28(35-24)36-26-8-7-22(17-33-26)41-21-10-13-37(14-11-21)29(39)40-30(4,5)6/h7-9,12,15-18,21H,10-11,13-14H2,1-6H3,(H,32,33,35,36). The third-order valence-electron chi connectivity index (χ3n) is 6.77. The molecule has 1 saturated heterocycles. The number of piperidine rings is 1. The fraction of sp³-hybridized carbons (Fsp3) is 0.433. The maximum absolute atomic E-state index is 15.0. The largest absolute Gasteiger partial charge is 0.444 e. The second-order valence-electron chi connectivity index (χ2n) is 11.5. The molecule has 9 nitrogen and oxygen atoms in total. The summed E-state index contributed by atoms with van der Waals surface area (Å²) in [5.41, 5.74) is 1.87. The summed E-state index contributed by atoms with van der Waals surface area (Å²) in [6.07, 6.45) is 5.02. The van der Waals surface area contributed by atoms with E-state index in [9.17, 15) is 9.18 Å². The van der Waals surface area contributed by atoms with Crippen LogP contribution in [0.15, 0.2) is 47.6 Å². The van der Waals surface area contributed by atoms with Crippen molar-refractivity contribution in [2.75, 3.05) is 18.4 Å². The van der Waals surface area contributed by atoms with Crippen LogP contribution in [0.1, 0.15) is 59.3 Å². The van der Waals surface area contributed by atoms with Gasteiger partial charge in [0.1, 0.15) is 22.8 Å². The number of thioether (sulfide) groups is 1. The second-order valence-corrected chi connectivity index (χ2v) is 12.9. The third-order valence-corrected chi connectivity index (χ3v) is 8.08. The van der Waals surface area contributed by atoms with Gasteiger partial charge >= 0.3 is 6.09 Å². The SMILES string of the molecule is Cc1nc2c(F)cc(-c3ccnc(Nc4ccc(SC5CCN(C(=O)OC(C)(C)C)CC5)cn4)n3)cc2n1C(C)C. The number of carbonyl (C=O) groups is 1. The summed E-state index contributed by atoms with van der Waals surface area (Å²) in [4.78, 5) is 33.1. The lowest BCUT2D eigenvalue weighted by Crippen LogP contribution is -2.42. The molecule has 0 saturated carbocycles. The van der Waals surface area contributed by atoms with E-state index in [0.29, 0.717) is 46.9 Å². The number of fused-ring (bicyclic) bond motifs is 1. The maximum atomic E-state index is 15.0. The number of ether oxygens (including phenoxy) is 1. The maximum Gasteiger partial charge on any atom is 0.410 e. The fourth-order valence-corrected chi connectivity index (χ4v) is 6.05. The molecule has 1 amide bonds. The lowest BCUT2D eigenvalue weighted by atomic mass is 10.1. The van der Waals surface area contributed by atoms with Gasteiger partial charge in [-0.3, -0.25) is 0 Å². The zero-order valence-electron chi connectivity index (χ0n) is 24.3. The molecule has 0 spiro atoms. The molecule has 11 heteroatoms. The van der Waals surface area contributed by atoms with E-state index in [1.165, 1.54) is 6.07 Å². The zero-order chi connectivity index (χ0) is 29.3. The van der Waals surface area contributed by atoms with E-state index in [1.807, 2.05) is 56.7 Å². The van der Waals surface area contributed by atoms with E-state index in [4.69, 9.17) is 4.74 Å². The average Bonchev–Trinajstić information content (AvgIpc) is 3.26. The number of rotatable bonds is 6. The summed E-state index contributed by atoms with van der Waals surface area (Å²) in [5, 5.41) is 3.56. The number of aryl methyl sites for hydroxylation is 1. The molecule has 5 rings (SSSR count). The molecular formula is C30H36FN7O2S. The molecule has 1 aromatic carbocycles. The molecule has 4 aromatic rings. The Bertz CT molecular complexity index is 1540. The number of halogens is 1. The smallest absolute Gasteiger partial charge is 0.410 e. The summed E-state index contributed by atoms with van der Waals surface area (Å²) in [6.45, 7) is 13.0. The number of aromatic nitrogens is 5. The van der Waals surface area contributed by atoms with E-state index < -0.39 is 5.60 Å². The van der Waals surface area contributed by atoms with Gasteiger partial charge in [-0.05, 0) is 84.7 Å². The Morgan fingerprint density at radius 1 is 1.12 bits per heavy atom. The molecule has 41 heavy (non-hydrogen) atoms. The summed E-state index contributed by atoms with van der Waals surface area (Å²) >= 11 is 1.77. The summed E-state index contributed by atoms with van der Waals surface area (Å²) in [7, 11) is 0. The third kappa shape index (κ3) is 6.78. The van der Waals surface area contributed by atoms with E-state index >= 15 is 0 Å². The minimum Gasteiger partial charge on any atom is -0.444 e. The van der Waals surface area contributed by atoms with Crippen LogP contribution in [0.4, 0.5) is 21.0 Å². The highest BCUT2D eigenvalue weighted by atomic mass is 32.2. The predicted molar refractivity (Wildman–Crippen MR) is 160 cm³/mol. The van der Waals surface area contributed by atoms with Gasteiger partial charge in [0.05, 0.1) is 11.2 Å². The molecule has 0 aliphatic carbocycles. The Balaban J connectivity index is 1.22. The minimum absolute atomic E-state index is 0.148. The Hall–Kier alpha value is -3.73. The number of pyridine rings is 1. The van der Waals surface area contributed by atoms with Crippen LogP contribution in [0.2, 0.25) is 0 Å². The van der Waals surface area contributed by atoms with Crippen molar-refractivity contribution in [3.63, 3.8) is 0 Å². The molecule has 4 heterocycles. The van der Waals surface area contributed by atoms with E-state index in [0.717, 1.165) is 29.1 Å². The van der Waals surface area contributed by atoms with Crippen molar-refractivity contribution in [3.8, 4) is 11.3 Å². The number of anilines is 2. The number of hydrogen-bond donors (Lipinski definition) is 1. The van der Waals surface area contributed by atoms with Crippen LogP contribution in [0.3, 0.4) is 0 Å². The van der Waals surface area contributed by atoms with Crippen molar-refractivity contribution in [2.45, 2.75) is 76.2 Å². The van der Waals surface area contributed by atoms with Crippen LogP contribution >= 0.6 is 11.8 Å². The summed E-state index contributed by atoms with van der Waals surface area (Å²) < 4.78 is 22.5. The number of imidazole rings is 1. The first-order chi connectivity index (χ1) is 19.5. The van der Waals surface area contributed by atoms with Crippen molar-refractivity contribution in [1.29, 1.82) is 0 Å². The van der Waals surface area contributed by atoms with E-state index in [2.05, 4.69) is 39.1 Å². The molecule has 1 fully saturated rings. The number of likely N-dealkylation sites (tertiary alicyclic amines) is 1. The van der Waals surface area contributed by atoms with E-state index in [-0.39, 0.29) is 18.0 Å². The number of amides is 1. The first kappa shape index (κ1) is 28.8. The number of nitrogens with zero attached hydrogens (tertiary/aromatic N) is 6. The molecule has 0 unspecified atom stereocenters. The number of benzene rings is 1. The number of carbonyl (C=O) groups excluding carboxylic acids is 1. The van der Waals surface area contributed by atoms with Crippen LogP contribution in [0.5, 0.6) is 0 Å². The highest BCUT2D eigenvalue weighted by Crippen LogP contribution is 2.32. The molecule has 1 N–H and O–H groups in total. The van der Waals surface area contributed by atoms with Gasteiger partial charge in [0.25, 0.3) is 0 Å². The van der Waals surface area contributed by atoms with Gasteiger partial charge in [-0.25, -0.2) is 29.1 Å². The lowest BCUT2D eigenvalue weighted by Gasteiger charge is -2.33. The Morgan fingerprint density at radius 3 is 2.54 bits per heavy atom. The summed E-state index contributed by atoms with van der Waals surface area (Å²) in [5.74, 6) is 1.38. The van der Waals surface area contributed by atoms with Crippen LogP contribution in [-0.2, 0) is 4.74 Å². The minimum atomic E-state index is -0.486. The second kappa shape index (κ2) is 11.6. The lowest BCUT2D eigenvalue weighted by molar-refractivity contribution is 0.0219. The highest BCUT2D eigenvalue weighted by molar-refractivity contribution is 8.00. The quantitative estimate of drug-likeness (QED) is 0.258. The molecule has 0 bridgehead atoms. The van der Waals surface area contributed by atoms with Crippen molar-refractivity contribution < 1.29 is 13.9 Å². The van der Waals surface area contributed by atoms with Crippen molar-refractivity contribution in [2.24, 2.45) is 0 Å². The molecule has 3 aromatic heterocycles. The van der Waals surface area contributed by atoms with Gasteiger partial charge in [0.2, 0.25) is 5.95 Å². The van der Waals surface area contributed by atoms with Crippen molar-refractivity contribution >= 4 is 40.7 Å². The summed E-state index contributed by atoms with van der Waals surface area (Å²) in [6, 6.07) is 9.21. The number of hydrogen-bond acceptors (Lipinski definition) is 8. The Morgan fingerprint density at radius 2 is 1.88 bits per heavy atom. The first-order valence-corrected chi connectivity index (χ1v) is 14.7. The molecule has 216 valence electrons. The molecule has 1 aliphatic rings. The van der Waals surface area contributed by atoms with Crippen molar-refractivity contribution in [1.82, 2.24) is 29.4 Å². The van der Waals surface area contributed by atoms with Gasteiger partial charge in [0.15, 0.2) is 5.82 Å². The van der Waals surface area contributed by atoms with Gasteiger partial charge < -0.3 is 19.5 Å². The van der Waals surface area contributed by atoms with Gasteiger partial charge in [-0.1, -0.05) is 0 Å². The zero-order valence-corrected chi connectivity index (χ0v) is 25.1. The Labute approximate surface area is 244 Å². The average molecular weight is 578 g/mol. The molecule has 0 radical (unpaired) electrons. The topological polar surface area (TPSA) is 98.1 Å². The van der Waals surface area contributed by atoms with Gasteiger partial charge in [-0.15, -0.1) is 11.8 Å². The van der Waals surface area contributed by atoms with Crippen molar-refractivity contribution in [3.05, 3.63) is 54.4 Å². The first-order valence-electron chi connectivity index (χ1n) is 13.9. The van der Waals surface area contributed by atoms with Crippen LogP contribution in [-0.4, -0.2) is 59.4 Å². The van der Waals surface area contributed by atoms with Gasteiger partial charge in [-0.2, -0.15) is 0 Å². The van der Waals surface area contributed by atoms with E-state index in [1.54, 1.807) is 28.9 Å². The predicted octanol–water partition coefficient (Wildman–Crippen LogP) is 7.15. The van der Waals surface area contributed by atoms with Crippen LogP contribution in [0.25, 0.3) is 22.3 Å². The van der Waals surface area contributed by atoms with Crippen LogP contribution in [0, 0.1) is 12.7 Å². The van der Waals surface area contributed by atoms with Crippen LogP contribution < -0.4 is 5.32 Å². The molecule has 1 aliphatic heterocycles. The Kier molecular flexibility index (Phi) is 8.17. The monoisotopic (exact) mass is 577 g/mol. The molecule has 0 atom stereocenters. The van der Waals surface area contributed by atoms with Gasteiger partial charge in [0, 0.05) is 47.2 Å².